The van der Waals surface area contributed by atoms with Crippen LogP contribution in [0.25, 0.3) is 11.0 Å². The average molecular weight is 395 g/mol. The molecule has 4 rings (SSSR count). The Labute approximate surface area is 167 Å². The molecule has 150 valence electrons. The van der Waals surface area contributed by atoms with E-state index < -0.39 is 23.5 Å². The van der Waals surface area contributed by atoms with E-state index in [1.54, 1.807) is 31.2 Å². The van der Waals surface area contributed by atoms with Crippen LogP contribution >= 0.6 is 0 Å². The number of benzene rings is 1. The summed E-state index contributed by atoms with van der Waals surface area (Å²) >= 11 is 0. The van der Waals surface area contributed by atoms with E-state index in [0.717, 1.165) is 10.3 Å². The van der Waals surface area contributed by atoms with Gasteiger partial charge in [-0.25, -0.2) is 0 Å². The molecule has 1 atom stereocenters. The molecule has 1 aliphatic heterocycles. The van der Waals surface area contributed by atoms with Crippen molar-refractivity contribution in [3.63, 3.8) is 0 Å². The highest BCUT2D eigenvalue weighted by molar-refractivity contribution is 6.15. The second-order valence-corrected chi connectivity index (χ2v) is 7.55. The number of nitrogens with zero attached hydrogens (tertiary/aromatic N) is 1. The number of carbonyl (C=O) groups excluding carboxylic acids is 2. The van der Waals surface area contributed by atoms with Gasteiger partial charge in [0.1, 0.15) is 23.1 Å². The molecule has 0 aliphatic carbocycles. The molecule has 0 radical (unpaired) electrons. The summed E-state index contributed by atoms with van der Waals surface area (Å²) in [4.78, 5) is 28.7. The van der Waals surface area contributed by atoms with Crippen molar-refractivity contribution in [1.82, 2.24) is 4.90 Å². The molecule has 2 N–H and O–H groups in total. The van der Waals surface area contributed by atoms with Gasteiger partial charge in [-0.1, -0.05) is 18.2 Å². The first-order valence-corrected chi connectivity index (χ1v) is 9.49. The molecule has 1 amide bonds. The number of fused-ring (bicyclic) bond motifs is 1. The first-order valence-electron chi connectivity index (χ1n) is 9.49. The van der Waals surface area contributed by atoms with Gasteiger partial charge in [-0.15, -0.1) is 0 Å². The fourth-order valence-corrected chi connectivity index (χ4v) is 3.58. The van der Waals surface area contributed by atoms with Crippen LogP contribution in [0.4, 0.5) is 0 Å². The maximum atomic E-state index is 13.3. The van der Waals surface area contributed by atoms with Crippen molar-refractivity contribution in [2.45, 2.75) is 13.0 Å². The Bertz CT molecular complexity index is 1090. The van der Waals surface area contributed by atoms with Crippen LogP contribution in [0.15, 0.2) is 62.6 Å². The largest absolute Gasteiger partial charge is 0.503 e. The number of aryl methyl sites for hydroxylation is 1. The quantitative estimate of drug-likeness (QED) is 0.624. The van der Waals surface area contributed by atoms with Crippen molar-refractivity contribution < 1.29 is 28.4 Å². The highest BCUT2D eigenvalue weighted by Crippen LogP contribution is 2.39. The molecule has 0 bridgehead atoms. The molecule has 0 fully saturated rings. The summed E-state index contributed by atoms with van der Waals surface area (Å²) in [5, 5.41) is 11.4. The number of aliphatic hydroxyl groups excluding tert-OH is 1. The number of furan rings is 2. The van der Waals surface area contributed by atoms with Crippen LogP contribution in [0.1, 0.15) is 28.1 Å². The van der Waals surface area contributed by atoms with Gasteiger partial charge in [0.2, 0.25) is 5.78 Å². The predicted molar refractivity (Wildman–Crippen MR) is 106 cm³/mol. The van der Waals surface area contributed by atoms with Crippen LogP contribution in [0.3, 0.4) is 0 Å². The molecule has 0 saturated heterocycles. The van der Waals surface area contributed by atoms with E-state index in [1.807, 2.05) is 32.3 Å². The van der Waals surface area contributed by atoms with E-state index in [9.17, 15) is 14.7 Å². The fourth-order valence-electron chi connectivity index (χ4n) is 3.58. The number of carbonyl (C=O) groups is 2. The second-order valence-electron chi connectivity index (χ2n) is 7.55. The minimum atomic E-state index is -0.795. The zero-order valence-corrected chi connectivity index (χ0v) is 16.6. The molecular weight excluding hydrogens is 372 g/mol. The normalized spacial score (nSPS) is 17.2. The molecule has 0 spiro atoms. The van der Waals surface area contributed by atoms with Gasteiger partial charge < -0.3 is 23.7 Å². The monoisotopic (exact) mass is 395 g/mol. The summed E-state index contributed by atoms with van der Waals surface area (Å²) in [7, 11) is 3.95. The number of aliphatic hydroxyl groups is 1. The van der Waals surface area contributed by atoms with Crippen molar-refractivity contribution in [3.8, 4) is 0 Å². The predicted octanol–water partition coefficient (Wildman–Crippen LogP) is 2.06. The van der Waals surface area contributed by atoms with Crippen LogP contribution in [-0.2, 0) is 4.79 Å². The Balaban J connectivity index is 1.77. The molecule has 3 aromatic rings. The Kier molecular flexibility index (Phi) is 4.76. The first kappa shape index (κ1) is 19.0. The Hall–Kier alpha value is -3.32. The number of ketones is 1. The lowest BCUT2D eigenvalue weighted by atomic mass is 9.99. The smallest absolute Gasteiger partial charge is 0.290 e. The summed E-state index contributed by atoms with van der Waals surface area (Å²) in [6.45, 7) is 2.81. The third-order valence-electron chi connectivity index (χ3n) is 5.08. The lowest BCUT2D eigenvalue weighted by Gasteiger charge is -2.25. The van der Waals surface area contributed by atoms with E-state index >= 15 is 0 Å². The molecule has 7 nitrogen and oxygen atoms in total. The number of rotatable bonds is 6. The number of para-hydroxylation sites is 1. The summed E-state index contributed by atoms with van der Waals surface area (Å²) in [5.41, 5.74) is 0.552. The van der Waals surface area contributed by atoms with Gasteiger partial charge in [0.25, 0.3) is 5.91 Å². The lowest BCUT2D eigenvalue weighted by molar-refractivity contribution is -0.857. The van der Waals surface area contributed by atoms with E-state index in [2.05, 4.69) is 0 Å². The maximum Gasteiger partial charge on any atom is 0.290 e. The van der Waals surface area contributed by atoms with Gasteiger partial charge in [-0.2, -0.15) is 0 Å². The summed E-state index contributed by atoms with van der Waals surface area (Å²) in [6, 6.07) is 11.6. The number of nitrogens with one attached hydrogen (secondary N) is 1. The Morgan fingerprint density at radius 1 is 1.17 bits per heavy atom. The number of quaternary nitrogens is 1. The number of likely N-dealkylation sites (N-methyl/N-ethyl adjacent to an activating group) is 1. The number of hydrogen-bond donors (Lipinski definition) is 2. The van der Waals surface area contributed by atoms with Crippen molar-refractivity contribution in [2.24, 2.45) is 0 Å². The molecule has 29 heavy (non-hydrogen) atoms. The summed E-state index contributed by atoms with van der Waals surface area (Å²) in [6.07, 6.45) is 0. The van der Waals surface area contributed by atoms with Crippen molar-refractivity contribution in [1.29, 1.82) is 0 Å². The number of hydrogen-bond acceptors (Lipinski definition) is 5. The van der Waals surface area contributed by atoms with Crippen molar-refractivity contribution in [3.05, 3.63) is 71.1 Å². The van der Waals surface area contributed by atoms with E-state index in [-0.39, 0.29) is 11.3 Å². The van der Waals surface area contributed by atoms with Gasteiger partial charge in [0.05, 0.1) is 32.8 Å². The highest BCUT2D eigenvalue weighted by atomic mass is 16.4. The molecule has 3 heterocycles. The van der Waals surface area contributed by atoms with Crippen LogP contribution < -0.4 is 4.90 Å². The zero-order valence-electron chi connectivity index (χ0n) is 16.6. The zero-order chi connectivity index (χ0) is 20.7. The molecule has 2 aromatic heterocycles. The second kappa shape index (κ2) is 7.25. The first-order chi connectivity index (χ1) is 13.9. The molecule has 1 aliphatic rings. The van der Waals surface area contributed by atoms with Crippen molar-refractivity contribution in [2.75, 3.05) is 27.2 Å². The van der Waals surface area contributed by atoms with E-state index in [0.29, 0.717) is 30.2 Å². The molecule has 1 aromatic carbocycles. The number of amides is 1. The minimum Gasteiger partial charge on any atom is -0.503 e. The molecule has 0 saturated carbocycles. The maximum absolute atomic E-state index is 13.3. The number of Topliss-reactive ketones (excluding diaryl/α,β-unsaturated/α-hetero) is 1. The van der Waals surface area contributed by atoms with Gasteiger partial charge in [0, 0.05) is 5.39 Å². The molecule has 0 unspecified atom stereocenters. The SMILES string of the molecule is Cc1ccc([C@H]2C(C(=O)c3cc4ccccc4o3)=C(O)C(=O)N2CC[NH+](C)C)o1. The van der Waals surface area contributed by atoms with Gasteiger partial charge >= 0.3 is 0 Å². The summed E-state index contributed by atoms with van der Waals surface area (Å²) < 4.78 is 11.4. The summed E-state index contributed by atoms with van der Waals surface area (Å²) in [5.74, 6) is -0.478. The van der Waals surface area contributed by atoms with Crippen LogP contribution in [0.5, 0.6) is 0 Å². The Morgan fingerprint density at radius 2 is 1.93 bits per heavy atom. The fraction of sp³-hybridized carbons (Fsp3) is 0.273. The Morgan fingerprint density at radius 3 is 2.59 bits per heavy atom. The molecular formula is C22H23N2O5+. The van der Waals surface area contributed by atoms with Crippen LogP contribution in [0.2, 0.25) is 0 Å². The van der Waals surface area contributed by atoms with Crippen molar-refractivity contribution >= 4 is 22.7 Å². The van der Waals surface area contributed by atoms with Crippen LogP contribution in [0, 0.1) is 6.92 Å². The van der Waals surface area contributed by atoms with Gasteiger partial charge in [-0.3, -0.25) is 9.59 Å². The van der Waals surface area contributed by atoms with Gasteiger partial charge in [-0.05, 0) is 31.2 Å². The minimum absolute atomic E-state index is 0.0165. The molecule has 7 heteroatoms. The lowest BCUT2D eigenvalue weighted by Crippen LogP contribution is -3.06. The standard InChI is InChI=1S/C22H22N2O5/c1-13-8-9-16(28-13)19-18(21(26)22(27)24(19)11-10-23(2)3)20(25)17-12-14-6-4-5-7-15(14)29-17/h4-9,12,19,26H,10-11H2,1-3H3/p+1/t19-/m0/s1. The third kappa shape index (κ3) is 3.34. The average Bonchev–Trinajstić information content (AvgIpc) is 3.37. The topological polar surface area (TPSA) is 88.3 Å². The van der Waals surface area contributed by atoms with E-state index in [1.165, 1.54) is 4.90 Å². The van der Waals surface area contributed by atoms with Crippen LogP contribution in [-0.4, -0.2) is 48.9 Å². The highest BCUT2D eigenvalue weighted by Gasteiger charge is 2.46. The van der Waals surface area contributed by atoms with E-state index in [4.69, 9.17) is 8.83 Å². The third-order valence-corrected chi connectivity index (χ3v) is 5.08. The van der Waals surface area contributed by atoms with Gasteiger partial charge in [0.15, 0.2) is 11.5 Å².